The molecule has 0 unspecified atom stereocenters. The van der Waals surface area contributed by atoms with Crippen LogP contribution in [0.3, 0.4) is 0 Å². The van der Waals surface area contributed by atoms with E-state index in [2.05, 4.69) is 33.1 Å². The average molecular weight is 421 g/mol. The third-order valence-electron chi connectivity index (χ3n) is 3.57. The van der Waals surface area contributed by atoms with Gasteiger partial charge in [-0.25, -0.2) is 0 Å². The molecule has 21 heavy (non-hydrogen) atoms. The largest absolute Gasteiger partial charge is 0.506 e. The van der Waals surface area contributed by atoms with Crippen LogP contribution in [0.25, 0.3) is 0 Å². The summed E-state index contributed by atoms with van der Waals surface area (Å²) in [5, 5.41) is 14.0. The van der Waals surface area contributed by atoms with E-state index in [-0.39, 0.29) is 36.6 Å². The van der Waals surface area contributed by atoms with Crippen LogP contribution in [0.1, 0.15) is 31.4 Å². The first kappa shape index (κ1) is 21.3. The highest BCUT2D eigenvalue weighted by molar-refractivity contribution is 9.10. The van der Waals surface area contributed by atoms with Crippen molar-refractivity contribution in [2.45, 2.75) is 25.8 Å². The summed E-state index contributed by atoms with van der Waals surface area (Å²) in [7, 11) is 0. The third kappa shape index (κ3) is 5.45. The molecule has 1 aromatic rings. The van der Waals surface area contributed by atoms with Gasteiger partial charge in [-0.2, -0.15) is 0 Å². The fourth-order valence-corrected chi connectivity index (χ4v) is 3.48. The molecule has 2 N–H and O–H groups in total. The van der Waals surface area contributed by atoms with Gasteiger partial charge in [0.1, 0.15) is 5.75 Å². The van der Waals surface area contributed by atoms with Gasteiger partial charge in [-0.1, -0.05) is 40.9 Å². The number of rotatable bonds is 4. The van der Waals surface area contributed by atoms with Crippen molar-refractivity contribution in [2.75, 3.05) is 26.2 Å². The SMILES string of the molecule is CCC[C@H](c1cc(Br)cc(Cl)c1O)N1CCNCC1.Cl.Cl. The second-order valence-electron chi connectivity index (χ2n) is 4.92. The van der Waals surface area contributed by atoms with Crippen LogP contribution in [0.5, 0.6) is 5.75 Å². The summed E-state index contributed by atoms with van der Waals surface area (Å²) in [6.07, 6.45) is 2.11. The Kier molecular flexibility index (Phi) is 10.3. The third-order valence-corrected chi connectivity index (χ3v) is 4.32. The predicted octanol–water partition coefficient (Wildman–Crippen LogP) is 4.40. The zero-order valence-electron chi connectivity index (χ0n) is 11.9. The molecule has 1 fully saturated rings. The molecule has 1 aliphatic rings. The Labute approximate surface area is 152 Å². The van der Waals surface area contributed by atoms with Crippen LogP contribution >= 0.6 is 52.3 Å². The van der Waals surface area contributed by atoms with E-state index in [1.165, 1.54) is 0 Å². The molecular weight excluding hydrogens is 398 g/mol. The molecule has 3 nitrogen and oxygen atoms in total. The Bertz CT molecular complexity index is 442. The lowest BCUT2D eigenvalue weighted by Gasteiger charge is -2.35. The summed E-state index contributed by atoms with van der Waals surface area (Å²) in [5.74, 6) is 0.224. The van der Waals surface area contributed by atoms with E-state index in [1.807, 2.05) is 6.07 Å². The number of benzene rings is 1. The summed E-state index contributed by atoms with van der Waals surface area (Å²) in [5.41, 5.74) is 0.933. The van der Waals surface area contributed by atoms with Gasteiger partial charge < -0.3 is 10.4 Å². The average Bonchev–Trinajstić information content (AvgIpc) is 2.41. The van der Waals surface area contributed by atoms with Crippen molar-refractivity contribution in [1.82, 2.24) is 10.2 Å². The van der Waals surface area contributed by atoms with Gasteiger partial charge >= 0.3 is 0 Å². The van der Waals surface area contributed by atoms with Crippen LogP contribution in [0, 0.1) is 0 Å². The topological polar surface area (TPSA) is 35.5 Å². The van der Waals surface area contributed by atoms with Crippen molar-refractivity contribution in [3.8, 4) is 5.75 Å². The van der Waals surface area contributed by atoms with Gasteiger partial charge in [-0.15, -0.1) is 24.8 Å². The highest BCUT2D eigenvalue weighted by atomic mass is 79.9. The molecule has 0 spiro atoms. The fraction of sp³-hybridized carbons (Fsp3) is 0.571. The first-order valence-electron chi connectivity index (χ1n) is 6.76. The number of phenolic OH excluding ortho intramolecular Hbond substituents is 1. The minimum absolute atomic E-state index is 0. The van der Waals surface area contributed by atoms with E-state index >= 15 is 0 Å². The standard InChI is InChI=1S/C14H20BrClN2O.2ClH/c1-2-3-13(18-6-4-17-5-7-18)11-8-10(15)9-12(16)14(11)19;;/h8-9,13,17,19H,2-7H2,1H3;2*1H/t13-;;/m1../s1. The normalized spacial score (nSPS) is 16.7. The number of piperazine rings is 1. The minimum Gasteiger partial charge on any atom is -0.506 e. The maximum atomic E-state index is 10.3. The van der Waals surface area contributed by atoms with Gasteiger partial charge in [0.2, 0.25) is 0 Å². The maximum Gasteiger partial charge on any atom is 0.139 e. The van der Waals surface area contributed by atoms with Gasteiger partial charge in [0.25, 0.3) is 0 Å². The summed E-state index contributed by atoms with van der Waals surface area (Å²) < 4.78 is 0.918. The van der Waals surface area contributed by atoms with Crippen molar-refractivity contribution in [1.29, 1.82) is 0 Å². The summed E-state index contributed by atoms with van der Waals surface area (Å²) in [6.45, 7) is 6.19. The quantitative estimate of drug-likeness (QED) is 0.758. The van der Waals surface area contributed by atoms with Crippen molar-refractivity contribution in [2.24, 2.45) is 0 Å². The van der Waals surface area contributed by atoms with Crippen LogP contribution < -0.4 is 5.32 Å². The van der Waals surface area contributed by atoms with Gasteiger partial charge in [-0.3, -0.25) is 4.90 Å². The lowest BCUT2D eigenvalue weighted by atomic mass is 9.99. The molecule has 1 aromatic carbocycles. The zero-order chi connectivity index (χ0) is 13.8. The molecular formula is C14H22BrCl3N2O. The molecule has 0 bridgehead atoms. The van der Waals surface area contributed by atoms with E-state index in [1.54, 1.807) is 6.07 Å². The number of aromatic hydroxyl groups is 1. The molecule has 0 radical (unpaired) electrons. The molecule has 1 heterocycles. The maximum absolute atomic E-state index is 10.3. The minimum atomic E-state index is 0. The molecule has 0 amide bonds. The Morgan fingerprint density at radius 1 is 1.33 bits per heavy atom. The number of hydrogen-bond donors (Lipinski definition) is 2. The van der Waals surface area contributed by atoms with Crippen molar-refractivity contribution < 1.29 is 5.11 Å². The van der Waals surface area contributed by atoms with E-state index < -0.39 is 0 Å². The Morgan fingerprint density at radius 2 is 1.95 bits per heavy atom. The second kappa shape index (κ2) is 10.1. The molecule has 122 valence electrons. The van der Waals surface area contributed by atoms with Gasteiger partial charge in [-0.05, 0) is 18.6 Å². The van der Waals surface area contributed by atoms with E-state index in [4.69, 9.17) is 11.6 Å². The fourth-order valence-electron chi connectivity index (χ4n) is 2.64. The number of nitrogens with one attached hydrogen (secondary N) is 1. The summed E-state index contributed by atoms with van der Waals surface area (Å²) >= 11 is 9.56. The van der Waals surface area contributed by atoms with Crippen LogP contribution in [0.4, 0.5) is 0 Å². The van der Waals surface area contributed by atoms with Gasteiger partial charge in [0, 0.05) is 42.3 Å². The monoisotopic (exact) mass is 418 g/mol. The van der Waals surface area contributed by atoms with E-state index in [9.17, 15) is 5.11 Å². The number of hydrogen-bond acceptors (Lipinski definition) is 3. The second-order valence-corrected chi connectivity index (χ2v) is 6.24. The Morgan fingerprint density at radius 3 is 2.52 bits per heavy atom. The molecule has 7 heteroatoms. The summed E-state index contributed by atoms with van der Waals surface area (Å²) in [4.78, 5) is 2.43. The van der Waals surface area contributed by atoms with Crippen LogP contribution in [-0.2, 0) is 0 Å². The molecule has 0 aliphatic carbocycles. The van der Waals surface area contributed by atoms with Gasteiger partial charge in [0.15, 0.2) is 0 Å². The Balaban J connectivity index is 0.00000200. The predicted molar refractivity (Wildman–Crippen MR) is 97.4 cm³/mol. The van der Waals surface area contributed by atoms with Crippen LogP contribution in [-0.4, -0.2) is 36.2 Å². The van der Waals surface area contributed by atoms with Gasteiger partial charge in [0.05, 0.1) is 5.02 Å². The van der Waals surface area contributed by atoms with Crippen molar-refractivity contribution >= 4 is 52.3 Å². The highest BCUT2D eigenvalue weighted by Crippen LogP contribution is 2.39. The first-order chi connectivity index (χ1) is 9.13. The van der Waals surface area contributed by atoms with Crippen molar-refractivity contribution in [3.63, 3.8) is 0 Å². The lowest BCUT2D eigenvalue weighted by Crippen LogP contribution is -2.45. The smallest absolute Gasteiger partial charge is 0.139 e. The van der Waals surface area contributed by atoms with Crippen molar-refractivity contribution in [3.05, 3.63) is 27.2 Å². The first-order valence-corrected chi connectivity index (χ1v) is 7.93. The molecule has 1 saturated heterocycles. The van der Waals surface area contributed by atoms with E-state index in [0.29, 0.717) is 5.02 Å². The summed E-state index contributed by atoms with van der Waals surface area (Å²) in [6, 6.07) is 3.96. The number of nitrogens with zero attached hydrogens (tertiary/aromatic N) is 1. The van der Waals surface area contributed by atoms with Crippen LogP contribution in [0.2, 0.25) is 5.02 Å². The number of halogens is 4. The molecule has 0 aromatic heterocycles. The molecule has 2 rings (SSSR count). The molecule has 1 aliphatic heterocycles. The van der Waals surface area contributed by atoms with Crippen LogP contribution in [0.15, 0.2) is 16.6 Å². The molecule has 0 saturated carbocycles. The molecule has 1 atom stereocenters. The van der Waals surface area contributed by atoms with E-state index in [0.717, 1.165) is 49.1 Å². The zero-order valence-corrected chi connectivity index (χ0v) is 15.9. The number of phenols is 1. The lowest BCUT2D eigenvalue weighted by molar-refractivity contribution is 0.162. The highest BCUT2D eigenvalue weighted by Gasteiger charge is 2.25. The Hall–Kier alpha value is 0.290.